The molecule has 124 valence electrons. The first-order valence-electron chi connectivity index (χ1n) is 6.94. The van der Waals surface area contributed by atoms with Crippen molar-refractivity contribution in [1.29, 1.82) is 0 Å². The third kappa shape index (κ3) is 7.06. The van der Waals surface area contributed by atoms with Crippen molar-refractivity contribution in [1.82, 2.24) is 20.9 Å². The van der Waals surface area contributed by atoms with Crippen LogP contribution in [0, 0.1) is 0 Å². The van der Waals surface area contributed by atoms with Crippen LogP contribution in [0.25, 0.3) is 0 Å². The number of nitrogens with zero attached hydrogens (tertiary/aromatic N) is 1. The van der Waals surface area contributed by atoms with E-state index in [-0.39, 0.29) is 36.6 Å². The number of amides is 2. The zero-order valence-electron chi connectivity index (χ0n) is 12.2. The first kappa shape index (κ1) is 20.6. The average Bonchev–Trinajstić information content (AvgIpc) is 2.97. The van der Waals surface area contributed by atoms with Crippen LogP contribution >= 0.6 is 24.8 Å². The van der Waals surface area contributed by atoms with Crippen molar-refractivity contribution >= 4 is 36.6 Å². The third-order valence-corrected chi connectivity index (χ3v) is 3.25. The van der Waals surface area contributed by atoms with Gasteiger partial charge in [-0.15, -0.1) is 24.8 Å². The van der Waals surface area contributed by atoms with Gasteiger partial charge in [0, 0.05) is 37.9 Å². The van der Waals surface area contributed by atoms with Gasteiger partial charge in [0.15, 0.2) is 0 Å². The molecule has 1 saturated heterocycles. The number of halogens is 2. The highest BCUT2D eigenvalue weighted by Gasteiger charge is 2.17. The first-order chi connectivity index (χ1) is 9.75. The quantitative estimate of drug-likeness (QED) is 0.667. The van der Waals surface area contributed by atoms with E-state index in [0.717, 1.165) is 19.4 Å². The van der Waals surface area contributed by atoms with Crippen LogP contribution in [0.15, 0.2) is 24.5 Å². The maximum atomic E-state index is 11.7. The van der Waals surface area contributed by atoms with Gasteiger partial charge in [0.2, 0.25) is 5.91 Å². The summed E-state index contributed by atoms with van der Waals surface area (Å²) in [4.78, 5) is 27.2. The molecule has 2 amide bonds. The summed E-state index contributed by atoms with van der Waals surface area (Å²) in [5.74, 6) is -0.148. The van der Waals surface area contributed by atoms with Crippen LogP contribution in [0.1, 0.15) is 29.6 Å². The van der Waals surface area contributed by atoms with E-state index in [0.29, 0.717) is 31.1 Å². The van der Waals surface area contributed by atoms with E-state index in [1.54, 1.807) is 18.3 Å². The van der Waals surface area contributed by atoms with Gasteiger partial charge >= 0.3 is 0 Å². The number of aromatic nitrogens is 1. The van der Waals surface area contributed by atoms with Crippen molar-refractivity contribution in [3.8, 4) is 0 Å². The third-order valence-electron chi connectivity index (χ3n) is 3.25. The van der Waals surface area contributed by atoms with Crippen molar-refractivity contribution in [2.75, 3.05) is 19.6 Å². The SMILES string of the molecule is Cl.Cl.O=C(CC1CCCN1)NCCNC(=O)c1cccnc1. The van der Waals surface area contributed by atoms with E-state index in [2.05, 4.69) is 20.9 Å². The molecule has 8 heteroatoms. The van der Waals surface area contributed by atoms with Gasteiger partial charge in [0.1, 0.15) is 0 Å². The summed E-state index contributed by atoms with van der Waals surface area (Å²) in [6.07, 6.45) is 5.84. The topological polar surface area (TPSA) is 83.1 Å². The summed E-state index contributed by atoms with van der Waals surface area (Å²) in [5.41, 5.74) is 0.522. The Labute approximate surface area is 142 Å². The number of hydrogen-bond acceptors (Lipinski definition) is 4. The van der Waals surface area contributed by atoms with Gasteiger partial charge in [-0.05, 0) is 31.5 Å². The summed E-state index contributed by atoms with van der Waals surface area (Å²) in [6, 6.07) is 3.72. The fourth-order valence-corrected chi connectivity index (χ4v) is 2.20. The first-order valence-corrected chi connectivity index (χ1v) is 6.94. The molecule has 0 spiro atoms. The number of pyridine rings is 1. The van der Waals surface area contributed by atoms with Gasteiger partial charge < -0.3 is 16.0 Å². The molecular weight excluding hydrogens is 327 g/mol. The maximum Gasteiger partial charge on any atom is 0.252 e. The Hall–Kier alpha value is -1.37. The summed E-state index contributed by atoms with van der Waals surface area (Å²) >= 11 is 0. The van der Waals surface area contributed by atoms with Crippen LogP contribution in [-0.4, -0.2) is 42.5 Å². The smallest absolute Gasteiger partial charge is 0.252 e. The lowest BCUT2D eigenvalue weighted by Gasteiger charge is -2.10. The molecule has 0 radical (unpaired) electrons. The Kier molecular flexibility index (Phi) is 10.5. The van der Waals surface area contributed by atoms with E-state index >= 15 is 0 Å². The Bertz CT molecular complexity index is 453. The molecule has 1 aliphatic heterocycles. The molecule has 6 nitrogen and oxygen atoms in total. The molecule has 0 saturated carbocycles. The van der Waals surface area contributed by atoms with Crippen LogP contribution in [0.5, 0.6) is 0 Å². The number of rotatable bonds is 6. The van der Waals surface area contributed by atoms with Crippen molar-refractivity contribution in [3.05, 3.63) is 30.1 Å². The van der Waals surface area contributed by atoms with Crippen molar-refractivity contribution in [3.63, 3.8) is 0 Å². The van der Waals surface area contributed by atoms with Gasteiger partial charge in [-0.2, -0.15) is 0 Å². The Morgan fingerprint density at radius 2 is 2.05 bits per heavy atom. The lowest BCUT2D eigenvalue weighted by atomic mass is 10.1. The molecule has 22 heavy (non-hydrogen) atoms. The van der Waals surface area contributed by atoms with Gasteiger partial charge in [0.05, 0.1) is 5.56 Å². The van der Waals surface area contributed by atoms with Crippen LogP contribution in [0.4, 0.5) is 0 Å². The highest BCUT2D eigenvalue weighted by atomic mass is 35.5. The molecule has 1 atom stereocenters. The zero-order chi connectivity index (χ0) is 14.2. The molecule has 1 aliphatic rings. The molecule has 1 aromatic rings. The van der Waals surface area contributed by atoms with Gasteiger partial charge in [-0.1, -0.05) is 0 Å². The fourth-order valence-electron chi connectivity index (χ4n) is 2.20. The monoisotopic (exact) mass is 348 g/mol. The molecule has 1 unspecified atom stereocenters. The summed E-state index contributed by atoms with van der Waals surface area (Å²) in [6.45, 7) is 1.86. The molecule has 3 N–H and O–H groups in total. The summed E-state index contributed by atoms with van der Waals surface area (Å²) in [5, 5.41) is 8.83. The van der Waals surface area contributed by atoms with Crippen molar-refractivity contribution < 1.29 is 9.59 Å². The number of hydrogen-bond donors (Lipinski definition) is 3. The molecule has 1 fully saturated rings. The number of carbonyl (C=O) groups is 2. The molecule has 0 aliphatic carbocycles. The minimum atomic E-state index is -0.176. The highest BCUT2D eigenvalue weighted by Crippen LogP contribution is 2.07. The molecule has 2 rings (SSSR count). The van der Waals surface area contributed by atoms with E-state index in [1.807, 2.05) is 0 Å². The predicted molar refractivity (Wildman–Crippen MR) is 89.7 cm³/mol. The minimum Gasteiger partial charge on any atom is -0.354 e. The molecular formula is C14H22Cl2N4O2. The normalized spacial score (nSPS) is 16.1. The van der Waals surface area contributed by atoms with Crippen LogP contribution in [0.3, 0.4) is 0 Å². The largest absolute Gasteiger partial charge is 0.354 e. The Balaban J connectivity index is 0.00000220. The van der Waals surface area contributed by atoms with Crippen molar-refractivity contribution in [2.45, 2.75) is 25.3 Å². The van der Waals surface area contributed by atoms with E-state index < -0.39 is 0 Å². The Morgan fingerprint density at radius 3 is 2.68 bits per heavy atom. The zero-order valence-corrected chi connectivity index (χ0v) is 13.8. The van der Waals surface area contributed by atoms with Crippen molar-refractivity contribution in [2.24, 2.45) is 0 Å². The lowest BCUT2D eigenvalue weighted by Crippen LogP contribution is -2.37. The van der Waals surface area contributed by atoms with Gasteiger partial charge in [0.25, 0.3) is 5.91 Å². The average molecular weight is 349 g/mol. The standard InChI is InChI=1S/C14H20N4O2.2ClH/c19-13(9-12-4-2-6-16-12)17-7-8-18-14(20)11-3-1-5-15-10-11;;/h1,3,5,10,12,16H,2,4,6-9H2,(H,17,19)(H,18,20);2*1H. The maximum absolute atomic E-state index is 11.7. The Morgan fingerprint density at radius 1 is 1.27 bits per heavy atom. The van der Waals surface area contributed by atoms with Crippen LogP contribution in [-0.2, 0) is 4.79 Å². The molecule has 0 bridgehead atoms. The number of nitrogens with one attached hydrogen (secondary N) is 3. The minimum absolute atomic E-state index is 0. The molecule has 2 heterocycles. The molecule has 0 aromatic carbocycles. The predicted octanol–water partition coefficient (Wildman–Crippen LogP) is 0.913. The van der Waals surface area contributed by atoms with E-state index in [9.17, 15) is 9.59 Å². The summed E-state index contributed by atoms with van der Waals surface area (Å²) in [7, 11) is 0. The fraction of sp³-hybridized carbons (Fsp3) is 0.500. The second-order valence-corrected chi connectivity index (χ2v) is 4.84. The van der Waals surface area contributed by atoms with E-state index in [4.69, 9.17) is 0 Å². The number of carbonyl (C=O) groups excluding carboxylic acids is 2. The van der Waals surface area contributed by atoms with Gasteiger partial charge in [-0.25, -0.2) is 0 Å². The molecule has 1 aromatic heterocycles. The van der Waals surface area contributed by atoms with E-state index in [1.165, 1.54) is 6.20 Å². The lowest BCUT2D eigenvalue weighted by molar-refractivity contribution is -0.121. The van der Waals surface area contributed by atoms with Crippen LogP contribution in [0.2, 0.25) is 0 Å². The van der Waals surface area contributed by atoms with Crippen LogP contribution < -0.4 is 16.0 Å². The second kappa shape index (κ2) is 11.2. The summed E-state index contributed by atoms with van der Waals surface area (Å²) < 4.78 is 0. The second-order valence-electron chi connectivity index (χ2n) is 4.84. The highest BCUT2D eigenvalue weighted by molar-refractivity contribution is 5.93. The van der Waals surface area contributed by atoms with Gasteiger partial charge in [-0.3, -0.25) is 14.6 Å².